The van der Waals surface area contributed by atoms with Crippen molar-refractivity contribution in [2.45, 2.75) is 13.5 Å². The summed E-state index contributed by atoms with van der Waals surface area (Å²) in [6, 6.07) is 17.7. The first-order chi connectivity index (χ1) is 14.5. The number of nitrogens with zero attached hydrogens (tertiary/aromatic N) is 3. The summed E-state index contributed by atoms with van der Waals surface area (Å²) < 4.78 is 6.47. The molecule has 7 heteroatoms. The van der Waals surface area contributed by atoms with E-state index >= 15 is 0 Å². The van der Waals surface area contributed by atoms with Crippen LogP contribution in [0.25, 0.3) is 10.2 Å². The summed E-state index contributed by atoms with van der Waals surface area (Å²) in [4.78, 5) is 23.6. The zero-order chi connectivity index (χ0) is 21.1. The van der Waals surface area contributed by atoms with Crippen molar-refractivity contribution >= 4 is 38.3 Å². The van der Waals surface area contributed by atoms with Crippen LogP contribution in [-0.2, 0) is 6.54 Å². The zero-order valence-electron chi connectivity index (χ0n) is 17.0. The minimum absolute atomic E-state index is 0.210. The van der Waals surface area contributed by atoms with E-state index < -0.39 is 0 Å². The second-order valence-corrected chi connectivity index (χ2v) is 7.96. The Morgan fingerprint density at radius 3 is 2.70 bits per heavy atom. The first kappa shape index (κ1) is 19.8. The molecule has 0 saturated carbocycles. The third kappa shape index (κ3) is 4.11. The van der Waals surface area contributed by atoms with E-state index in [2.05, 4.69) is 32.3 Å². The molecule has 2 heterocycles. The van der Waals surface area contributed by atoms with Crippen molar-refractivity contribution in [2.75, 3.05) is 24.4 Å². The number of hydrogen-bond acceptors (Lipinski definition) is 6. The normalized spacial score (nSPS) is 10.8. The molecular formula is C23H22N4O2S. The number of pyridine rings is 1. The Bertz CT molecular complexity index is 1190. The van der Waals surface area contributed by atoms with Crippen LogP contribution in [0.15, 0.2) is 60.8 Å². The van der Waals surface area contributed by atoms with Gasteiger partial charge in [0.05, 0.1) is 17.5 Å². The molecule has 0 fully saturated rings. The van der Waals surface area contributed by atoms with Crippen LogP contribution >= 0.6 is 11.3 Å². The molecule has 6 nitrogen and oxygen atoms in total. The van der Waals surface area contributed by atoms with Gasteiger partial charge in [-0.15, -0.1) is 0 Å². The SMILES string of the molecule is COc1ccc(N(C)Cc2ccccc2)c2sc(NC(=O)c3ccnc(C)c3)nc12. The molecule has 4 aromatic rings. The number of carbonyl (C=O) groups is 1. The van der Waals surface area contributed by atoms with E-state index in [4.69, 9.17) is 4.74 Å². The maximum absolute atomic E-state index is 12.6. The Balaban J connectivity index is 1.66. The van der Waals surface area contributed by atoms with E-state index in [0.717, 1.165) is 28.1 Å². The summed E-state index contributed by atoms with van der Waals surface area (Å²) in [6.45, 7) is 2.62. The monoisotopic (exact) mass is 418 g/mol. The predicted molar refractivity (Wildman–Crippen MR) is 122 cm³/mol. The lowest BCUT2D eigenvalue weighted by Gasteiger charge is -2.20. The largest absolute Gasteiger partial charge is 0.494 e. The summed E-state index contributed by atoms with van der Waals surface area (Å²) in [7, 11) is 3.67. The third-order valence-corrected chi connectivity index (χ3v) is 5.75. The summed E-state index contributed by atoms with van der Waals surface area (Å²) >= 11 is 1.44. The van der Waals surface area contributed by atoms with Gasteiger partial charge in [-0.05, 0) is 36.8 Å². The minimum atomic E-state index is -0.210. The van der Waals surface area contributed by atoms with Gasteiger partial charge in [0.25, 0.3) is 5.91 Å². The van der Waals surface area contributed by atoms with Crippen molar-refractivity contribution in [3.63, 3.8) is 0 Å². The summed E-state index contributed by atoms with van der Waals surface area (Å²) in [5, 5.41) is 3.44. The molecule has 0 aliphatic carbocycles. The van der Waals surface area contributed by atoms with E-state index in [0.29, 0.717) is 16.4 Å². The van der Waals surface area contributed by atoms with Gasteiger partial charge < -0.3 is 9.64 Å². The van der Waals surface area contributed by atoms with Crippen LogP contribution in [-0.4, -0.2) is 30.0 Å². The number of benzene rings is 2. The van der Waals surface area contributed by atoms with Crippen LogP contribution in [0.1, 0.15) is 21.6 Å². The van der Waals surface area contributed by atoms with Gasteiger partial charge in [0.2, 0.25) is 0 Å². The smallest absolute Gasteiger partial charge is 0.257 e. The van der Waals surface area contributed by atoms with Crippen LogP contribution in [0.2, 0.25) is 0 Å². The molecule has 0 atom stereocenters. The molecule has 0 radical (unpaired) electrons. The van der Waals surface area contributed by atoms with Crippen LogP contribution in [0, 0.1) is 6.92 Å². The molecule has 1 N–H and O–H groups in total. The molecule has 0 aliphatic rings. The molecule has 1 amide bonds. The molecule has 0 saturated heterocycles. The molecule has 152 valence electrons. The van der Waals surface area contributed by atoms with Crippen LogP contribution in [0.3, 0.4) is 0 Å². The van der Waals surface area contributed by atoms with Crippen LogP contribution < -0.4 is 15.0 Å². The van der Waals surface area contributed by atoms with Crippen LogP contribution in [0.4, 0.5) is 10.8 Å². The number of aromatic nitrogens is 2. The van der Waals surface area contributed by atoms with Crippen molar-refractivity contribution in [1.29, 1.82) is 0 Å². The van der Waals surface area contributed by atoms with E-state index in [1.807, 2.05) is 44.3 Å². The number of rotatable bonds is 6. The molecule has 2 aromatic carbocycles. The maximum atomic E-state index is 12.6. The maximum Gasteiger partial charge on any atom is 0.257 e. The minimum Gasteiger partial charge on any atom is -0.494 e. The molecule has 0 spiro atoms. The number of anilines is 2. The van der Waals surface area contributed by atoms with E-state index in [1.54, 1.807) is 25.4 Å². The number of hydrogen-bond donors (Lipinski definition) is 1. The van der Waals surface area contributed by atoms with Gasteiger partial charge in [0, 0.05) is 31.0 Å². The number of ether oxygens (including phenoxy) is 1. The van der Waals surface area contributed by atoms with Gasteiger partial charge in [0.15, 0.2) is 5.13 Å². The number of carbonyl (C=O) groups excluding carboxylic acids is 1. The average molecular weight is 419 g/mol. The fourth-order valence-corrected chi connectivity index (χ4v) is 4.33. The standard InChI is InChI=1S/C23H22N4O2S/c1-15-13-17(11-12-24-15)22(28)26-23-25-20-19(29-3)10-9-18(21(20)30-23)27(2)14-16-7-5-4-6-8-16/h4-13H,14H2,1-3H3,(H,25,26,28). The number of amides is 1. The van der Waals surface area contributed by atoms with Crippen molar-refractivity contribution in [3.8, 4) is 5.75 Å². The molecule has 0 bridgehead atoms. The Kier molecular flexibility index (Phi) is 5.63. The Morgan fingerprint density at radius 1 is 1.17 bits per heavy atom. The highest BCUT2D eigenvalue weighted by Crippen LogP contribution is 2.39. The van der Waals surface area contributed by atoms with Crippen LogP contribution in [0.5, 0.6) is 5.75 Å². The van der Waals surface area contributed by atoms with Gasteiger partial charge in [-0.2, -0.15) is 0 Å². The Hall–Kier alpha value is -3.45. The molecule has 0 aliphatic heterocycles. The predicted octanol–water partition coefficient (Wildman–Crippen LogP) is 4.90. The first-order valence-corrected chi connectivity index (χ1v) is 10.3. The van der Waals surface area contributed by atoms with Gasteiger partial charge in [0.1, 0.15) is 11.3 Å². The summed E-state index contributed by atoms with van der Waals surface area (Å²) in [6.07, 6.45) is 1.63. The average Bonchev–Trinajstić information content (AvgIpc) is 3.17. The molecule has 4 rings (SSSR count). The number of thiazole rings is 1. The van der Waals surface area contributed by atoms with E-state index in [1.165, 1.54) is 16.9 Å². The van der Waals surface area contributed by atoms with E-state index in [-0.39, 0.29) is 5.91 Å². The third-order valence-electron chi connectivity index (χ3n) is 4.76. The van der Waals surface area contributed by atoms with Gasteiger partial charge in [-0.25, -0.2) is 4.98 Å². The lowest BCUT2D eigenvalue weighted by molar-refractivity contribution is 0.102. The highest BCUT2D eigenvalue weighted by Gasteiger charge is 2.17. The number of aryl methyl sites for hydroxylation is 1. The first-order valence-electron chi connectivity index (χ1n) is 9.52. The van der Waals surface area contributed by atoms with Gasteiger partial charge in [-0.1, -0.05) is 41.7 Å². The fourth-order valence-electron chi connectivity index (χ4n) is 3.29. The molecule has 30 heavy (non-hydrogen) atoms. The van der Waals surface area contributed by atoms with E-state index in [9.17, 15) is 4.79 Å². The van der Waals surface area contributed by atoms with Crippen molar-refractivity contribution in [2.24, 2.45) is 0 Å². The highest BCUT2D eigenvalue weighted by molar-refractivity contribution is 7.23. The number of fused-ring (bicyclic) bond motifs is 1. The highest BCUT2D eigenvalue weighted by atomic mass is 32.1. The Labute approximate surface area is 179 Å². The van der Waals surface area contributed by atoms with Crippen molar-refractivity contribution in [1.82, 2.24) is 9.97 Å². The lowest BCUT2D eigenvalue weighted by atomic mass is 10.2. The molecular weight excluding hydrogens is 396 g/mol. The molecule has 0 unspecified atom stereocenters. The number of methoxy groups -OCH3 is 1. The van der Waals surface area contributed by atoms with Crippen molar-refractivity contribution in [3.05, 3.63) is 77.6 Å². The summed E-state index contributed by atoms with van der Waals surface area (Å²) in [5.41, 5.74) is 4.33. The zero-order valence-corrected chi connectivity index (χ0v) is 17.9. The number of nitrogens with one attached hydrogen (secondary N) is 1. The Morgan fingerprint density at radius 2 is 1.97 bits per heavy atom. The second kappa shape index (κ2) is 8.51. The second-order valence-electron chi connectivity index (χ2n) is 6.97. The van der Waals surface area contributed by atoms with Gasteiger partial charge >= 0.3 is 0 Å². The fraction of sp³-hybridized carbons (Fsp3) is 0.174. The molecule has 2 aromatic heterocycles. The topological polar surface area (TPSA) is 67.3 Å². The quantitative estimate of drug-likeness (QED) is 0.483. The van der Waals surface area contributed by atoms with Gasteiger partial charge in [-0.3, -0.25) is 15.1 Å². The van der Waals surface area contributed by atoms with Crippen molar-refractivity contribution < 1.29 is 9.53 Å². The lowest BCUT2D eigenvalue weighted by Crippen LogP contribution is -2.16. The summed E-state index contributed by atoms with van der Waals surface area (Å²) in [5.74, 6) is 0.469.